The molecule has 1 aromatic heterocycles. The van der Waals surface area contributed by atoms with Crippen molar-refractivity contribution in [1.29, 1.82) is 0 Å². The van der Waals surface area contributed by atoms with Gasteiger partial charge in [-0.3, -0.25) is 9.69 Å². The minimum Gasteiger partial charge on any atom is -0.444 e. The van der Waals surface area contributed by atoms with Crippen molar-refractivity contribution in [3.8, 4) is 0 Å². The first kappa shape index (κ1) is 20.5. The van der Waals surface area contributed by atoms with Gasteiger partial charge in [-0.2, -0.15) is 0 Å². The van der Waals surface area contributed by atoms with Crippen LogP contribution < -0.4 is 5.32 Å². The van der Waals surface area contributed by atoms with Crippen LogP contribution in [0.4, 0.5) is 10.6 Å². The number of fused-ring (bicyclic) bond motifs is 1. The molecule has 1 atom stereocenters. The fraction of sp³-hybridized carbons (Fsp3) is 0.389. The number of amides is 2. The second-order valence-electron chi connectivity index (χ2n) is 6.91. The number of rotatable bonds is 3. The maximum atomic E-state index is 12.5. The maximum absolute atomic E-state index is 12.5. The zero-order valence-corrected chi connectivity index (χ0v) is 17.6. The van der Waals surface area contributed by atoms with Crippen LogP contribution in [-0.4, -0.2) is 40.6 Å². The molecule has 1 heterocycles. The van der Waals surface area contributed by atoms with E-state index in [4.69, 9.17) is 16.3 Å². The smallest absolute Gasteiger partial charge is 0.410 e. The van der Waals surface area contributed by atoms with Gasteiger partial charge in [0, 0.05) is 23.0 Å². The third-order valence-corrected chi connectivity index (χ3v) is 4.42. The van der Waals surface area contributed by atoms with Crippen LogP contribution >= 0.6 is 27.5 Å². The maximum Gasteiger partial charge on any atom is 0.410 e. The summed E-state index contributed by atoms with van der Waals surface area (Å²) in [5.41, 5.74) is 0.0119. The van der Waals surface area contributed by atoms with Crippen molar-refractivity contribution >= 4 is 56.3 Å². The molecular formula is C18H21BrClN3O3. The van der Waals surface area contributed by atoms with E-state index in [9.17, 15) is 9.59 Å². The summed E-state index contributed by atoms with van der Waals surface area (Å²) in [7, 11) is 1.51. The molecule has 0 radical (unpaired) electrons. The van der Waals surface area contributed by atoms with Gasteiger partial charge in [-0.1, -0.05) is 33.6 Å². The van der Waals surface area contributed by atoms with Gasteiger partial charge in [0.05, 0.1) is 10.5 Å². The number of benzene rings is 1. The Hall–Kier alpha value is -1.86. The van der Waals surface area contributed by atoms with E-state index >= 15 is 0 Å². The number of ether oxygens (including phenoxy) is 1. The Morgan fingerprint density at radius 1 is 1.31 bits per heavy atom. The lowest BCUT2D eigenvalue weighted by atomic mass is 10.2. The summed E-state index contributed by atoms with van der Waals surface area (Å²) in [4.78, 5) is 30.2. The van der Waals surface area contributed by atoms with E-state index in [1.54, 1.807) is 33.8 Å². The van der Waals surface area contributed by atoms with Gasteiger partial charge in [0.2, 0.25) is 5.91 Å². The van der Waals surface area contributed by atoms with E-state index in [1.165, 1.54) is 11.9 Å². The molecule has 0 saturated heterocycles. The standard InChI is InChI=1S/C18H21BrClN3O3/c1-10(23(5)17(25)26-18(2,3)4)16(24)22-15-9-13(20)12-7-6-11(19)8-14(12)21-15/h6-10H,1-5H3,(H,21,22,24). The summed E-state index contributed by atoms with van der Waals surface area (Å²) in [6.45, 7) is 6.91. The van der Waals surface area contributed by atoms with Crippen LogP contribution in [-0.2, 0) is 9.53 Å². The summed E-state index contributed by atoms with van der Waals surface area (Å²) in [6.07, 6.45) is -0.575. The number of nitrogens with one attached hydrogen (secondary N) is 1. The molecule has 0 fully saturated rings. The van der Waals surface area contributed by atoms with Gasteiger partial charge in [0.1, 0.15) is 17.5 Å². The van der Waals surface area contributed by atoms with Crippen LogP contribution in [0.15, 0.2) is 28.7 Å². The lowest BCUT2D eigenvalue weighted by Crippen LogP contribution is -2.45. The van der Waals surface area contributed by atoms with Gasteiger partial charge in [0.25, 0.3) is 0 Å². The van der Waals surface area contributed by atoms with E-state index in [-0.39, 0.29) is 0 Å². The molecule has 0 aliphatic carbocycles. The van der Waals surface area contributed by atoms with E-state index < -0.39 is 23.6 Å². The number of halogens is 2. The molecule has 2 aromatic rings. The van der Waals surface area contributed by atoms with Crippen LogP contribution in [0.1, 0.15) is 27.7 Å². The summed E-state index contributed by atoms with van der Waals surface area (Å²) < 4.78 is 6.13. The van der Waals surface area contributed by atoms with Crippen LogP contribution in [0, 0.1) is 0 Å². The monoisotopic (exact) mass is 441 g/mol. The largest absolute Gasteiger partial charge is 0.444 e. The van der Waals surface area contributed by atoms with Crippen molar-refractivity contribution in [2.75, 3.05) is 12.4 Å². The first-order chi connectivity index (χ1) is 12.0. The predicted molar refractivity (Wildman–Crippen MR) is 107 cm³/mol. The van der Waals surface area contributed by atoms with Gasteiger partial charge in [-0.05, 0) is 39.8 Å². The second-order valence-corrected chi connectivity index (χ2v) is 8.23. The van der Waals surface area contributed by atoms with Crippen molar-refractivity contribution in [3.05, 3.63) is 33.8 Å². The van der Waals surface area contributed by atoms with Crippen molar-refractivity contribution < 1.29 is 14.3 Å². The Kier molecular flexibility index (Phi) is 6.13. The molecule has 1 N–H and O–H groups in total. The lowest BCUT2D eigenvalue weighted by molar-refractivity contribution is -0.120. The summed E-state index contributed by atoms with van der Waals surface area (Å²) in [5, 5.41) is 3.96. The minimum atomic E-state index is -0.747. The van der Waals surface area contributed by atoms with Crippen LogP contribution in [0.25, 0.3) is 10.9 Å². The summed E-state index contributed by atoms with van der Waals surface area (Å²) >= 11 is 9.66. The van der Waals surface area contributed by atoms with Gasteiger partial charge in [-0.25, -0.2) is 9.78 Å². The number of carbonyl (C=O) groups excluding carboxylic acids is 2. The number of anilines is 1. The Morgan fingerprint density at radius 2 is 1.96 bits per heavy atom. The predicted octanol–water partition coefficient (Wildman–Crippen LogP) is 4.84. The molecule has 0 bridgehead atoms. The van der Waals surface area contributed by atoms with E-state index in [1.807, 2.05) is 18.2 Å². The average Bonchev–Trinajstić information content (AvgIpc) is 2.51. The Bertz CT molecular complexity index is 851. The summed E-state index contributed by atoms with van der Waals surface area (Å²) in [5.74, 6) is -0.0775. The highest BCUT2D eigenvalue weighted by molar-refractivity contribution is 9.10. The van der Waals surface area contributed by atoms with Gasteiger partial charge in [-0.15, -0.1) is 0 Å². The minimum absolute atomic E-state index is 0.315. The first-order valence-electron chi connectivity index (χ1n) is 8.00. The molecule has 1 unspecified atom stereocenters. The lowest BCUT2D eigenvalue weighted by Gasteiger charge is -2.28. The van der Waals surface area contributed by atoms with Crippen LogP contribution in [0.2, 0.25) is 5.02 Å². The number of aromatic nitrogens is 1. The van der Waals surface area contributed by atoms with Gasteiger partial charge in [0.15, 0.2) is 0 Å². The zero-order valence-electron chi connectivity index (χ0n) is 15.3. The first-order valence-corrected chi connectivity index (χ1v) is 9.17. The molecule has 0 aliphatic heterocycles. The highest BCUT2D eigenvalue weighted by atomic mass is 79.9. The molecular weight excluding hydrogens is 422 g/mol. The highest BCUT2D eigenvalue weighted by Crippen LogP contribution is 2.27. The van der Waals surface area contributed by atoms with Crippen molar-refractivity contribution in [3.63, 3.8) is 0 Å². The zero-order chi connectivity index (χ0) is 19.6. The van der Waals surface area contributed by atoms with Crippen LogP contribution in [0.5, 0.6) is 0 Å². The third kappa shape index (κ3) is 5.08. The van der Waals surface area contributed by atoms with Crippen LogP contribution in [0.3, 0.4) is 0 Å². The number of pyridine rings is 1. The molecule has 1 aromatic carbocycles. The van der Waals surface area contributed by atoms with Gasteiger partial charge < -0.3 is 10.1 Å². The fourth-order valence-electron chi connectivity index (χ4n) is 2.12. The molecule has 8 heteroatoms. The highest BCUT2D eigenvalue weighted by Gasteiger charge is 2.27. The number of nitrogens with zero attached hydrogens (tertiary/aromatic N) is 2. The quantitative estimate of drug-likeness (QED) is 0.738. The molecule has 26 heavy (non-hydrogen) atoms. The van der Waals surface area contributed by atoms with E-state index in [0.717, 1.165) is 9.86 Å². The van der Waals surface area contributed by atoms with E-state index in [2.05, 4.69) is 26.2 Å². The number of hydrogen-bond acceptors (Lipinski definition) is 4. The molecule has 140 valence electrons. The molecule has 6 nitrogen and oxygen atoms in total. The van der Waals surface area contributed by atoms with Gasteiger partial charge >= 0.3 is 6.09 Å². The molecule has 0 spiro atoms. The SMILES string of the molecule is CC(C(=O)Nc1cc(Cl)c2ccc(Br)cc2n1)N(C)C(=O)OC(C)(C)C. The number of hydrogen-bond donors (Lipinski definition) is 1. The molecule has 2 amide bonds. The summed E-state index contributed by atoms with van der Waals surface area (Å²) in [6, 6.07) is 6.36. The van der Waals surface area contributed by atoms with E-state index in [0.29, 0.717) is 16.4 Å². The fourth-order valence-corrected chi connectivity index (χ4v) is 2.73. The second kappa shape index (κ2) is 7.80. The normalized spacial score (nSPS) is 12.6. The third-order valence-electron chi connectivity index (χ3n) is 3.61. The van der Waals surface area contributed by atoms with Crippen molar-refractivity contribution in [1.82, 2.24) is 9.88 Å². The Labute approximate surface area is 166 Å². The molecule has 0 saturated carbocycles. The Morgan fingerprint density at radius 3 is 2.58 bits per heavy atom. The average molecular weight is 443 g/mol. The molecule has 0 aliphatic rings. The Balaban J connectivity index is 2.16. The molecule has 2 rings (SSSR count). The van der Waals surface area contributed by atoms with Crippen molar-refractivity contribution in [2.45, 2.75) is 39.3 Å². The van der Waals surface area contributed by atoms with Crippen molar-refractivity contribution in [2.24, 2.45) is 0 Å². The number of likely N-dealkylation sites (N-methyl/N-ethyl adjacent to an activating group) is 1. The topological polar surface area (TPSA) is 71.5 Å². The number of carbonyl (C=O) groups is 2.